The zero-order valence-electron chi connectivity index (χ0n) is 36.2. The van der Waals surface area contributed by atoms with Crippen LogP contribution in [0.15, 0.2) is 205 Å². The molecule has 6 nitrogen and oxygen atoms in total. The van der Waals surface area contributed by atoms with Crippen molar-refractivity contribution in [3.05, 3.63) is 211 Å². The largest absolute Gasteiger partial charge is 0.456 e. The zero-order chi connectivity index (χ0) is 43.7. The summed E-state index contributed by atoms with van der Waals surface area (Å²) in [4.78, 5) is 15.6. The Morgan fingerprint density at radius 3 is 1.70 bits per heavy atom. The van der Waals surface area contributed by atoms with Crippen LogP contribution in [0.5, 0.6) is 0 Å². The van der Waals surface area contributed by atoms with E-state index in [4.69, 9.17) is 19.4 Å². The van der Waals surface area contributed by atoms with E-state index in [0.29, 0.717) is 17.6 Å². The van der Waals surface area contributed by atoms with Crippen LogP contribution in [0.25, 0.3) is 122 Å². The highest BCUT2D eigenvalue weighted by Gasteiger charge is 2.36. The second kappa shape index (κ2) is 13.7. The van der Waals surface area contributed by atoms with Gasteiger partial charge in [-0.15, -0.1) is 0 Å². The molecule has 0 saturated heterocycles. The first kappa shape index (κ1) is 36.8. The van der Waals surface area contributed by atoms with E-state index in [2.05, 4.69) is 187 Å². The van der Waals surface area contributed by atoms with Gasteiger partial charge in [-0.2, -0.15) is 9.97 Å². The number of fused-ring (bicyclic) bond motifs is 12. The van der Waals surface area contributed by atoms with Crippen LogP contribution in [0, 0.1) is 0 Å². The summed E-state index contributed by atoms with van der Waals surface area (Å²) >= 11 is 0. The van der Waals surface area contributed by atoms with Crippen molar-refractivity contribution < 1.29 is 4.42 Å². The quantitative estimate of drug-likeness (QED) is 0.173. The maximum absolute atomic E-state index is 6.65. The summed E-state index contributed by atoms with van der Waals surface area (Å²) in [7, 11) is 0. The third-order valence-corrected chi connectivity index (χ3v) is 14.0. The molecule has 0 bridgehead atoms. The molecule has 0 amide bonds. The summed E-state index contributed by atoms with van der Waals surface area (Å²) in [5.41, 5.74) is 16.3. The monoisotopic (exact) mass is 845 g/mol. The Morgan fingerprint density at radius 2 is 0.939 bits per heavy atom. The Hall–Kier alpha value is -8.61. The molecule has 66 heavy (non-hydrogen) atoms. The maximum atomic E-state index is 6.65. The fraction of sp³-hybridized carbons (Fsp3) is 0.0500. The van der Waals surface area contributed by atoms with Crippen molar-refractivity contribution in [2.24, 2.45) is 0 Å². The van der Waals surface area contributed by atoms with Crippen LogP contribution in [0.2, 0.25) is 0 Å². The number of aromatic nitrogens is 5. The lowest BCUT2D eigenvalue weighted by molar-refractivity contribution is 0.661. The molecule has 4 heterocycles. The third-order valence-electron chi connectivity index (χ3n) is 14.0. The molecule has 6 heteroatoms. The SMILES string of the molecule is CC1(C)c2ccccc2-c2cc3c4cc(-c5ccc6oc7cc8c(cc7c6c5)c5ccccc5n8-c5ccccc5)ccc4n(-c4nc(-c5ccccc5)nc(-c5ccccc5)n4)c3cc21. The summed E-state index contributed by atoms with van der Waals surface area (Å²) < 4.78 is 11.2. The minimum absolute atomic E-state index is 0.194. The molecule has 0 radical (unpaired) electrons. The highest BCUT2D eigenvalue weighted by atomic mass is 16.3. The summed E-state index contributed by atoms with van der Waals surface area (Å²) in [5, 5.41) is 6.88. The van der Waals surface area contributed by atoms with Gasteiger partial charge in [0.05, 0.1) is 22.1 Å². The van der Waals surface area contributed by atoms with Crippen LogP contribution in [0.4, 0.5) is 0 Å². The average Bonchev–Trinajstić information content (AvgIpc) is 4.07. The van der Waals surface area contributed by atoms with Crippen LogP contribution in [0.3, 0.4) is 0 Å². The van der Waals surface area contributed by atoms with E-state index in [0.717, 1.165) is 77.2 Å². The van der Waals surface area contributed by atoms with Gasteiger partial charge in [0.2, 0.25) is 5.95 Å². The minimum Gasteiger partial charge on any atom is -0.456 e. The van der Waals surface area contributed by atoms with Gasteiger partial charge in [-0.3, -0.25) is 4.57 Å². The van der Waals surface area contributed by atoms with E-state index in [-0.39, 0.29) is 5.41 Å². The van der Waals surface area contributed by atoms with Gasteiger partial charge < -0.3 is 8.98 Å². The molecule has 1 aliphatic rings. The number of benzene rings is 9. The lowest BCUT2D eigenvalue weighted by Gasteiger charge is -2.21. The number of para-hydroxylation sites is 2. The number of hydrogen-bond donors (Lipinski definition) is 0. The second-order valence-electron chi connectivity index (χ2n) is 18.0. The Morgan fingerprint density at radius 1 is 0.364 bits per heavy atom. The third kappa shape index (κ3) is 5.33. The molecule has 0 spiro atoms. The van der Waals surface area contributed by atoms with Crippen molar-refractivity contribution >= 4 is 65.6 Å². The molecular weight excluding hydrogens is 807 g/mol. The number of hydrogen-bond acceptors (Lipinski definition) is 4. The van der Waals surface area contributed by atoms with Crippen molar-refractivity contribution in [3.63, 3.8) is 0 Å². The van der Waals surface area contributed by atoms with Gasteiger partial charge in [0, 0.05) is 60.6 Å². The number of nitrogens with zero attached hydrogens (tertiary/aromatic N) is 5. The molecule has 310 valence electrons. The summed E-state index contributed by atoms with van der Waals surface area (Å²) in [6.07, 6.45) is 0. The van der Waals surface area contributed by atoms with E-state index in [1.54, 1.807) is 0 Å². The average molecular weight is 846 g/mol. The first-order valence-electron chi connectivity index (χ1n) is 22.5. The van der Waals surface area contributed by atoms with Gasteiger partial charge in [-0.25, -0.2) is 4.98 Å². The van der Waals surface area contributed by atoms with Gasteiger partial charge in [-0.05, 0) is 94.0 Å². The van der Waals surface area contributed by atoms with Crippen LogP contribution < -0.4 is 0 Å². The van der Waals surface area contributed by atoms with E-state index in [1.807, 2.05) is 36.4 Å². The molecule has 1 aliphatic carbocycles. The van der Waals surface area contributed by atoms with Crippen LogP contribution in [-0.2, 0) is 5.41 Å². The van der Waals surface area contributed by atoms with E-state index < -0.39 is 0 Å². The molecule has 0 atom stereocenters. The molecular formula is C60H39N5O. The Labute approximate surface area is 379 Å². The number of rotatable bonds is 5. The predicted molar refractivity (Wildman–Crippen MR) is 270 cm³/mol. The van der Waals surface area contributed by atoms with Gasteiger partial charge in [0.25, 0.3) is 0 Å². The molecule has 0 N–H and O–H groups in total. The molecule has 0 unspecified atom stereocenters. The van der Waals surface area contributed by atoms with Gasteiger partial charge >= 0.3 is 0 Å². The molecule has 0 aliphatic heterocycles. The Kier molecular flexibility index (Phi) is 7.64. The van der Waals surface area contributed by atoms with Crippen molar-refractivity contribution in [2.75, 3.05) is 0 Å². The summed E-state index contributed by atoms with van der Waals surface area (Å²) in [5.74, 6) is 1.83. The highest BCUT2D eigenvalue weighted by Crippen LogP contribution is 2.51. The maximum Gasteiger partial charge on any atom is 0.238 e. The second-order valence-corrected chi connectivity index (χ2v) is 18.0. The first-order valence-corrected chi connectivity index (χ1v) is 22.5. The van der Waals surface area contributed by atoms with Gasteiger partial charge in [0.15, 0.2) is 11.6 Å². The lowest BCUT2D eigenvalue weighted by atomic mass is 9.82. The standard InChI is InChI=1S/C60H39N5O/c1-60(2)49-24-14-12-22-41(49)43-32-46-44-30-38(26-28-52(44)65(53(46)34-50(43)60)59-62-57(36-16-6-3-7-17-36)61-58(63-59)37-18-8-4-9-19-37)39-27-29-55-47(31-39)48-33-45-42-23-13-15-25-51(42)64(40-20-10-5-11-21-40)54(45)35-56(48)66-55/h3-35H,1-2H3. The summed E-state index contributed by atoms with van der Waals surface area (Å²) in [6, 6.07) is 71.2. The number of furan rings is 1. The lowest BCUT2D eigenvalue weighted by Crippen LogP contribution is -2.15. The van der Waals surface area contributed by atoms with Crippen LogP contribution >= 0.6 is 0 Å². The van der Waals surface area contributed by atoms with Crippen molar-refractivity contribution in [1.82, 2.24) is 24.1 Å². The fourth-order valence-electron chi connectivity index (χ4n) is 10.8. The van der Waals surface area contributed by atoms with E-state index >= 15 is 0 Å². The van der Waals surface area contributed by atoms with Crippen molar-refractivity contribution in [2.45, 2.75) is 19.3 Å². The van der Waals surface area contributed by atoms with Crippen LogP contribution in [0.1, 0.15) is 25.0 Å². The molecule has 0 saturated carbocycles. The first-order chi connectivity index (χ1) is 32.5. The molecule has 4 aromatic heterocycles. The highest BCUT2D eigenvalue weighted by molar-refractivity contribution is 6.18. The zero-order valence-corrected chi connectivity index (χ0v) is 36.2. The smallest absolute Gasteiger partial charge is 0.238 e. The van der Waals surface area contributed by atoms with Crippen molar-refractivity contribution in [1.29, 1.82) is 0 Å². The molecule has 14 rings (SSSR count). The van der Waals surface area contributed by atoms with Crippen LogP contribution in [-0.4, -0.2) is 24.1 Å². The van der Waals surface area contributed by atoms with Crippen molar-refractivity contribution in [3.8, 4) is 56.7 Å². The minimum atomic E-state index is -0.194. The van der Waals surface area contributed by atoms with E-state index in [9.17, 15) is 0 Å². The van der Waals surface area contributed by atoms with E-state index in [1.165, 1.54) is 38.5 Å². The van der Waals surface area contributed by atoms with Gasteiger partial charge in [0.1, 0.15) is 11.2 Å². The normalized spacial score (nSPS) is 13.1. The Balaban J connectivity index is 0.998. The predicted octanol–water partition coefficient (Wildman–Crippen LogP) is 15.3. The van der Waals surface area contributed by atoms with Gasteiger partial charge in [-0.1, -0.05) is 147 Å². The molecule has 13 aromatic rings. The summed E-state index contributed by atoms with van der Waals surface area (Å²) in [6.45, 7) is 4.67. The Bertz CT molecular complexity index is 4070. The molecule has 0 fully saturated rings. The fourth-order valence-corrected chi connectivity index (χ4v) is 10.8. The topological polar surface area (TPSA) is 61.7 Å². The molecule has 9 aromatic carbocycles.